The van der Waals surface area contributed by atoms with Crippen molar-refractivity contribution in [3.63, 3.8) is 0 Å². The molecule has 1 aliphatic heterocycles. The highest BCUT2D eigenvalue weighted by atomic mass is 16.2. The summed E-state index contributed by atoms with van der Waals surface area (Å²) in [4.78, 5) is 48.7. The van der Waals surface area contributed by atoms with Crippen LogP contribution in [0.15, 0.2) is 79.0 Å². The summed E-state index contributed by atoms with van der Waals surface area (Å²) < 4.78 is 0. The smallest absolute Gasteiger partial charge is 0.270 e. The average Bonchev–Trinajstić information content (AvgIpc) is 3.58. The maximum atomic E-state index is 13.6. The first-order valence-electron chi connectivity index (χ1n) is 13.2. The van der Waals surface area contributed by atoms with E-state index in [2.05, 4.69) is 20.6 Å². The van der Waals surface area contributed by atoms with Crippen molar-refractivity contribution in [2.24, 2.45) is 5.41 Å². The minimum Gasteiger partial charge on any atom is -0.351 e. The fourth-order valence-corrected chi connectivity index (χ4v) is 4.90. The number of para-hydroxylation sites is 1. The van der Waals surface area contributed by atoms with Gasteiger partial charge in [-0.1, -0.05) is 75.4 Å². The number of hydrogen-bond acceptors (Lipinski definition) is 4. The second-order valence-corrected chi connectivity index (χ2v) is 11.1. The molecule has 0 unspecified atom stereocenters. The Kier molecular flexibility index (Phi) is 7.19. The molecule has 0 spiro atoms. The predicted molar refractivity (Wildman–Crippen MR) is 151 cm³/mol. The van der Waals surface area contributed by atoms with Crippen LogP contribution in [0.25, 0.3) is 22.0 Å². The van der Waals surface area contributed by atoms with Crippen molar-refractivity contribution in [3.05, 3.63) is 90.4 Å². The number of carbonyl (C=O) groups is 3. The van der Waals surface area contributed by atoms with Crippen molar-refractivity contribution in [2.45, 2.75) is 39.3 Å². The topological polar surface area (TPSA) is 107 Å². The molecule has 1 fully saturated rings. The maximum Gasteiger partial charge on any atom is 0.270 e. The van der Waals surface area contributed by atoms with Crippen LogP contribution < -0.4 is 10.6 Å². The molecular formula is C31H33N5O3. The number of pyridine rings is 1. The molecule has 0 saturated carbocycles. The van der Waals surface area contributed by atoms with Crippen molar-refractivity contribution < 1.29 is 14.4 Å². The van der Waals surface area contributed by atoms with Gasteiger partial charge in [0.1, 0.15) is 17.4 Å². The van der Waals surface area contributed by atoms with Crippen molar-refractivity contribution >= 4 is 28.6 Å². The first kappa shape index (κ1) is 26.2. The zero-order valence-corrected chi connectivity index (χ0v) is 22.4. The molecule has 39 heavy (non-hydrogen) atoms. The van der Waals surface area contributed by atoms with Crippen molar-refractivity contribution in [1.82, 2.24) is 25.5 Å². The van der Waals surface area contributed by atoms with Crippen LogP contribution in [0.2, 0.25) is 0 Å². The number of hydrogen-bond donors (Lipinski definition) is 3. The molecule has 1 aliphatic rings. The number of likely N-dealkylation sites (tertiary alicyclic amines) is 1. The lowest BCUT2D eigenvalue weighted by Gasteiger charge is -2.33. The normalized spacial score (nSPS) is 16.2. The van der Waals surface area contributed by atoms with Gasteiger partial charge in [-0.2, -0.15) is 0 Å². The summed E-state index contributed by atoms with van der Waals surface area (Å²) in [5, 5.41) is 6.90. The lowest BCUT2D eigenvalue weighted by molar-refractivity contribution is -0.134. The van der Waals surface area contributed by atoms with Gasteiger partial charge in [-0.25, -0.2) is 0 Å². The zero-order valence-electron chi connectivity index (χ0n) is 22.4. The molecule has 2 aromatic carbocycles. The number of aromatic nitrogens is 2. The Morgan fingerprint density at radius 1 is 0.949 bits per heavy atom. The molecule has 2 aromatic heterocycles. The molecule has 8 nitrogen and oxygen atoms in total. The van der Waals surface area contributed by atoms with E-state index in [1.807, 2.05) is 81.4 Å². The van der Waals surface area contributed by atoms with Crippen molar-refractivity contribution in [1.29, 1.82) is 0 Å². The first-order valence-corrected chi connectivity index (χ1v) is 13.2. The molecule has 5 rings (SSSR count). The fourth-order valence-electron chi connectivity index (χ4n) is 4.90. The first-order chi connectivity index (χ1) is 18.7. The molecule has 3 heterocycles. The van der Waals surface area contributed by atoms with E-state index < -0.39 is 11.5 Å². The molecule has 3 N–H and O–H groups in total. The van der Waals surface area contributed by atoms with Gasteiger partial charge in [-0.15, -0.1) is 0 Å². The Morgan fingerprint density at radius 2 is 1.69 bits per heavy atom. The van der Waals surface area contributed by atoms with E-state index in [-0.39, 0.29) is 23.8 Å². The van der Waals surface area contributed by atoms with Crippen LogP contribution in [-0.2, 0) is 4.79 Å². The summed E-state index contributed by atoms with van der Waals surface area (Å²) in [6, 6.07) is 22.0. The minimum absolute atomic E-state index is 0.158. The summed E-state index contributed by atoms with van der Waals surface area (Å²) in [6.45, 7) is 6.67. The fraction of sp³-hybridized carbons (Fsp3) is 0.290. The van der Waals surface area contributed by atoms with Gasteiger partial charge in [0.2, 0.25) is 5.91 Å². The van der Waals surface area contributed by atoms with E-state index in [1.54, 1.807) is 23.2 Å². The van der Waals surface area contributed by atoms with E-state index >= 15 is 0 Å². The Bertz CT molecular complexity index is 1460. The number of aromatic amines is 1. The number of fused-ring (bicyclic) bond motifs is 1. The summed E-state index contributed by atoms with van der Waals surface area (Å²) in [5.74, 6) is -0.754. The third-order valence-corrected chi connectivity index (χ3v) is 7.10. The monoisotopic (exact) mass is 523 g/mol. The molecule has 1 saturated heterocycles. The quantitative estimate of drug-likeness (QED) is 0.348. The summed E-state index contributed by atoms with van der Waals surface area (Å²) >= 11 is 0. The molecule has 0 aliphatic carbocycles. The van der Waals surface area contributed by atoms with Gasteiger partial charge < -0.3 is 20.5 Å². The van der Waals surface area contributed by atoms with Gasteiger partial charge >= 0.3 is 0 Å². The highest BCUT2D eigenvalue weighted by Crippen LogP contribution is 2.24. The van der Waals surface area contributed by atoms with Crippen molar-refractivity contribution in [3.8, 4) is 11.1 Å². The summed E-state index contributed by atoms with van der Waals surface area (Å²) in [7, 11) is 0. The van der Waals surface area contributed by atoms with Crippen LogP contribution in [-0.4, -0.2) is 57.8 Å². The molecular weight excluding hydrogens is 490 g/mol. The highest BCUT2D eigenvalue weighted by molar-refractivity contribution is 6.00. The Morgan fingerprint density at radius 3 is 2.38 bits per heavy atom. The standard InChI is InChI=1S/C31H33N5O3/c1-31(2,3)27(35-29(38)26-17-21-11-7-8-12-24(21)34-26)30(39)36-16-15-23(19-36)33-28(37)25-14-13-22(18-32-25)20-9-5-4-6-10-20/h4-14,17-18,23,27,34H,15-16,19H2,1-3H3,(H,33,37)(H,35,38)/t23-,27+/m0/s1. The Balaban J connectivity index is 1.21. The second kappa shape index (κ2) is 10.7. The molecule has 0 bridgehead atoms. The third kappa shape index (κ3) is 5.85. The lowest BCUT2D eigenvalue weighted by Crippen LogP contribution is -2.54. The Labute approximate surface area is 227 Å². The van der Waals surface area contributed by atoms with Crippen LogP contribution in [0.4, 0.5) is 0 Å². The lowest BCUT2D eigenvalue weighted by atomic mass is 9.85. The number of benzene rings is 2. The van der Waals surface area contributed by atoms with Gasteiger partial charge in [0.15, 0.2) is 0 Å². The molecule has 4 aromatic rings. The molecule has 2 atom stereocenters. The van der Waals surface area contributed by atoms with Crippen LogP contribution >= 0.6 is 0 Å². The van der Waals surface area contributed by atoms with Gasteiger partial charge in [0.05, 0.1) is 0 Å². The SMILES string of the molecule is CC(C)(C)[C@H](NC(=O)c1cc2ccccc2[nH]1)C(=O)N1CC[C@H](NC(=O)c2ccc(-c3ccccc3)cn2)C1. The van der Waals surface area contributed by atoms with Crippen LogP contribution in [0.1, 0.15) is 48.2 Å². The van der Waals surface area contributed by atoms with E-state index in [4.69, 9.17) is 0 Å². The van der Waals surface area contributed by atoms with Crippen LogP contribution in [0, 0.1) is 5.41 Å². The zero-order chi connectivity index (χ0) is 27.6. The van der Waals surface area contributed by atoms with E-state index in [0.717, 1.165) is 22.0 Å². The minimum atomic E-state index is -0.724. The average molecular weight is 524 g/mol. The highest BCUT2D eigenvalue weighted by Gasteiger charge is 2.38. The van der Waals surface area contributed by atoms with Crippen LogP contribution in [0.5, 0.6) is 0 Å². The number of amides is 3. The number of carbonyl (C=O) groups excluding carboxylic acids is 3. The predicted octanol–water partition coefficient (Wildman–Crippen LogP) is 4.41. The summed E-state index contributed by atoms with van der Waals surface area (Å²) in [5.41, 5.74) is 3.07. The van der Waals surface area contributed by atoms with Crippen LogP contribution in [0.3, 0.4) is 0 Å². The third-order valence-electron chi connectivity index (χ3n) is 7.10. The summed E-state index contributed by atoms with van der Waals surface area (Å²) in [6.07, 6.45) is 2.32. The number of nitrogens with one attached hydrogen (secondary N) is 3. The largest absolute Gasteiger partial charge is 0.351 e. The molecule has 0 radical (unpaired) electrons. The van der Waals surface area contributed by atoms with Gasteiger partial charge in [-0.3, -0.25) is 19.4 Å². The molecule has 200 valence electrons. The molecule has 3 amide bonds. The van der Waals surface area contributed by atoms with E-state index in [9.17, 15) is 14.4 Å². The number of H-pyrrole nitrogens is 1. The van der Waals surface area contributed by atoms with E-state index in [1.165, 1.54) is 0 Å². The van der Waals surface area contributed by atoms with Gasteiger partial charge in [0.25, 0.3) is 11.8 Å². The number of rotatable bonds is 6. The van der Waals surface area contributed by atoms with Gasteiger partial charge in [-0.05, 0) is 35.6 Å². The number of nitrogens with zero attached hydrogens (tertiary/aromatic N) is 2. The second-order valence-electron chi connectivity index (χ2n) is 11.1. The van der Waals surface area contributed by atoms with Crippen molar-refractivity contribution in [2.75, 3.05) is 13.1 Å². The van der Waals surface area contributed by atoms with Gasteiger partial charge in [0, 0.05) is 41.8 Å². The van der Waals surface area contributed by atoms with E-state index in [0.29, 0.717) is 30.9 Å². The maximum absolute atomic E-state index is 13.6. The Hall–Kier alpha value is -4.46. The molecule has 8 heteroatoms.